The zero-order chi connectivity index (χ0) is 26.1. The Morgan fingerprint density at radius 3 is 2.45 bits per heavy atom. The lowest BCUT2D eigenvalue weighted by atomic mass is 10.2. The van der Waals surface area contributed by atoms with Crippen molar-refractivity contribution in [2.24, 2.45) is 0 Å². The highest BCUT2D eigenvalue weighted by atomic mass is 19.2. The molecule has 1 aromatic carbocycles. The molecule has 2 aliphatic rings. The van der Waals surface area contributed by atoms with Crippen LogP contribution in [0.4, 0.5) is 37.7 Å². The Balaban J connectivity index is 1.14. The predicted molar refractivity (Wildman–Crippen MR) is 139 cm³/mol. The lowest BCUT2D eigenvalue weighted by Gasteiger charge is -2.43. The van der Waals surface area contributed by atoms with Gasteiger partial charge in [0.2, 0.25) is 5.95 Å². The first-order valence-corrected chi connectivity index (χ1v) is 12.3. The molecule has 0 saturated carbocycles. The van der Waals surface area contributed by atoms with E-state index in [1.54, 1.807) is 31.6 Å². The van der Waals surface area contributed by atoms with Crippen LogP contribution in [0.1, 0.15) is 0 Å². The van der Waals surface area contributed by atoms with E-state index in [-0.39, 0.29) is 0 Å². The first-order valence-electron chi connectivity index (χ1n) is 12.3. The summed E-state index contributed by atoms with van der Waals surface area (Å²) in [7, 11) is 1.63. The Bertz CT molecular complexity index is 1460. The van der Waals surface area contributed by atoms with Crippen molar-refractivity contribution in [2.75, 3.05) is 62.0 Å². The number of benzene rings is 1. The normalized spacial score (nSPS) is 16.3. The summed E-state index contributed by atoms with van der Waals surface area (Å²) in [5.74, 6) is 0.460. The maximum atomic E-state index is 13.6. The zero-order valence-corrected chi connectivity index (χ0v) is 20.7. The second-order valence-corrected chi connectivity index (χ2v) is 9.16. The lowest BCUT2D eigenvalue weighted by molar-refractivity contribution is -0.0661. The number of rotatable bonds is 7. The topological polar surface area (TPSA) is 101 Å². The van der Waals surface area contributed by atoms with Gasteiger partial charge in [-0.2, -0.15) is 4.98 Å². The van der Waals surface area contributed by atoms with Crippen LogP contribution in [0.15, 0.2) is 48.9 Å². The fourth-order valence-electron chi connectivity index (χ4n) is 4.58. The van der Waals surface area contributed by atoms with Crippen molar-refractivity contribution in [3.8, 4) is 5.75 Å². The number of hydrogen-bond donors (Lipinski definition) is 2. The summed E-state index contributed by atoms with van der Waals surface area (Å²) >= 11 is 0. The third kappa shape index (κ3) is 5.00. The van der Waals surface area contributed by atoms with E-state index < -0.39 is 11.6 Å². The third-order valence-electron chi connectivity index (χ3n) is 6.71. The Hall–Kier alpha value is -4.16. The fraction of sp³-hybridized carbons (Fsp3) is 0.308. The molecule has 0 radical (unpaired) electrons. The molecule has 0 unspecified atom stereocenters. The fourth-order valence-corrected chi connectivity index (χ4v) is 4.58. The Morgan fingerprint density at radius 2 is 1.68 bits per heavy atom. The van der Waals surface area contributed by atoms with E-state index in [9.17, 15) is 8.78 Å². The molecule has 2 fully saturated rings. The summed E-state index contributed by atoms with van der Waals surface area (Å²) in [5, 5.41) is 6.76. The zero-order valence-electron chi connectivity index (χ0n) is 20.7. The Kier molecular flexibility index (Phi) is 6.56. The maximum absolute atomic E-state index is 13.6. The lowest BCUT2D eigenvalue weighted by Crippen LogP contribution is -2.56. The quantitative estimate of drug-likeness (QED) is 0.375. The second kappa shape index (κ2) is 10.3. The summed E-state index contributed by atoms with van der Waals surface area (Å²) in [6, 6.07) is 7.96. The number of hydrogen-bond acceptors (Lipinski definition) is 10. The number of piperazine rings is 1. The van der Waals surface area contributed by atoms with Crippen LogP contribution in [0, 0.1) is 11.6 Å². The molecule has 6 rings (SSSR count). The van der Waals surface area contributed by atoms with E-state index >= 15 is 0 Å². The average molecular weight is 521 g/mol. The minimum atomic E-state index is -0.932. The van der Waals surface area contributed by atoms with Gasteiger partial charge in [-0.05, 0) is 18.2 Å². The smallest absolute Gasteiger partial charge is 0.229 e. The average Bonchev–Trinajstić information content (AvgIpc) is 2.89. The minimum absolute atomic E-state index is 0.352. The van der Waals surface area contributed by atoms with Crippen molar-refractivity contribution in [1.82, 2.24) is 24.8 Å². The molecule has 12 heteroatoms. The number of pyridine rings is 2. The van der Waals surface area contributed by atoms with Crippen molar-refractivity contribution in [3.05, 3.63) is 60.6 Å². The molecule has 0 aliphatic carbocycles. The summed E-state index contributed by atoms with van der Waals surface area (Å²) < 4.78 is 38.1. The monoisotopic (exact) mass is 520 g/mol. The minimum Gasteiger partial charge on any atom is -0.493 e. The first kappa shape index (κ1) is 24.2. The second-order valence-electron chi connectivity index (χ2n) is 9.16. The molecule has 5 heterocycles. The van der Waals surface area contributed by atoms with Gasteiger partial charge in [-0.1, -0.05) is 0 Å². The molecule has 2 aliphatic heterocycles. The van der Waals surface area contributed by atoms with E-state index in [0.717, 1.165) is 57.3 Å². The molecule has 0 atom stereocenters. The Morgan fingerprint density at radius 1 is 0.921 bits per heavy atom. The number of nitrogens with one attached hydrogen (secondary N) is 2. The molecule has 2 N–H and O–H groups in total. The predicted octanol–water partition coefficient (Wildman–Crippen LogP) is 3.71. The van der Waals surface area contributed by atoms with Crippen LogP contribution in [0.5, 0.6) is 5.75 Å². The van der Waals surface area contributed by atoms with E-state index in [1.165, 1.54) is 6.20 Å². The highest BCUT2D eigenvalue weighted by Gasteiger charge is 2.30. The molecule has 10 nitrogen and oxygen atoms in total. The van der Waals surface area contributed by atoms with Crippen molar-refractivity contribution < 1.29 is 18.3 Å². The van der Waals surface area contributed by atoms with Gasteiger partial charge >= 0.3 is 0 Å². The number of aromatic nitrogens is 4. The summed E-state index contributed by atoms with van der Waals surface area (Å²) in [6.07, 6.45) is 4.86. The highest BCUT2D eigenvalue weighted by molar-refractivity contribution is 5.82. The van der Waals surface area contributed by atoms with Crippen LogP contribution in [0.25, 0.3) is 10.9 Å². The van der Waals surface area contributed by atoms with Gasteiger partial charge in [0.25, 0.3) is 0 Å². The van der Waals surface area contributed by atoms with Gasteiger partial charge in [-0.3, -0.25) is 9.88 Å². The van der Waals surface area contributed by atoms with Crippen LogP contribution in [-0.2, 0) is 4.74 Å². The molecule has 3 aromatic heterocycles. The van der Waals surface area contributed by atoms with E-state index in [1.807, 2.05) is 6.07 Å². The van der Waals surface area contributed by atoms with Crippen LogP contribution in [-0.4, -0.2) is 77.4 Å². The van der Waals surface area contributed by atoms with Gasteiger partial charge in [0.05, 0.1) is 55.7 Å². The van der Waals surface area contributed by atoms with E-state index in [4.69, 9.17) is 9.47 Å². The van der Waals surface area contributed by atoms with E-state index in [0.29, 0.717) is 45.8 Å². The van der Waals surface area contributed by atoms with Crippen LogP contribution in [0.3, 0.4) is 0 Å². The van der Waals surface area contributed by atoms with Gasteiger partial charge in [-0.25, -0.2) is 18.7 Å². The van der Waals surface area contributed by atoms with Gasteiger partial charge in [0, 0.05) is 49.9 Å². The van der Waals surface area contributed by atoms with Crippen molar-refractivity contribution in [2.45, 2.75) is 6.04 Å². The van der Waals surface area contributed by atoms with Crippen LogP contribution < -0.4 is 20.3 Å². The Labute approximate surface area is 217 Å². The number of nitrogens with zero attached hydrogens (tertiary/aromatic N) is 6. The first-order chi connectivity index (χ1) is 18.6. The van der Waals surface area contributed by atoms with Crippen molar-refractivity contribution >= 4 is 39.9 Å². The van der Waals surface area contributed by atoms with Gasteiger partial charge in [0.15, 0.2) is 23.2 Å². The molecule has 196 valence electrons. The molecule has 0 bridgehead atoms. The number of halogens is 2. The number of methoxy groups -OCH3 is 1. The molecule has 38 heavy (non-hydrogen) atoms. The van der Waals surface area contributed by atoms with Crippen molar-refractivity contribution in [1.29, 1.82) is 0 Å². The van der Waals surface area contributed by atoms with Crippen molar-refractivity contribution in [3.63, 3.8) is 0 Å². The number of ether oxygens (including phenoxy) is 2. The number of fused-ring (bicyclic) bond motifs is 1. The van der Waals surface area contributed by atoms with Crippen LogP contribution >= 0.6 is 0 Å². The summed E-state index contributed by atoms with van der Waals surface area (Å²) in [4.78, 5) is 22.3. The molecule has 2 saturated heterocycles. The third-order valence-corrected chi connectivity index (χ3v) is 6.71. The molecule has 4 aromatic rings. The largest absolute Gasteiger partial charge is 0.493 e. The van der Waals surface area contributed by atoms with Gasteiger partial charge in [0.1, 0.15) is 5.82 Å². The summed E-state index contributed by atoms with van der Waals surface area (Å²) in [5.41, 5.74) is 1.61. The molecular formula is C26H26F2N8O2. The SMILES string of the molecule is COc1cc(Nc2nccc(Nc3cnc4cc(F)c(F)cc4c3)n2)cnc1N1CCN(C2COC2)CC1. The summed E-state index contributed by atoms with van der Waals surface area (Å²) in [6.45, 7) is 5.31. The molecule has 0 spiro atoms. The maximum Gasteiger partial charge on any atom is 0.229 e. The van der Waals surface area contributed by atoms with E-state index in [2.05, 4.69) is 40.4 Å². The standard InChI is InChI=1S/C26H26F2N8O2/c1-37-23-10-18(13-31-25(23)36-6-4-35(5-7-36)19-14-38-15-19)33-26-29-3-2-24(34-26)32-17-8-16-9-20(27)21(28)11-22(16)30-12-17/h2-3,8-13,19H,4-7,14-15H2,1H3,(H2,29,32,33,34). The van der Waals surface area contributed by atoms with Gasteiger partial charge in [-0.15, -0.1) is 0 Å². The highest BCUT2D eigenvalue weighted by Crippen LogP contribution is 2.31. The molecular weight excluding hydrogens is 494 g/mol. The molecule has 0 amide bonds. The number of anilines is 5. The van der Waals surface area contributed by atoms with Crippen LogP contribution in [0.2, 0.25) is 0 Å². The van der Waals surface area contributed by atoms with Gasteiger partial charge < -0.3 is 25.0 Å².